The van der Waals surface area contributed by atoms with E-state index in [9.17, 15) is 10.2 Å². The molecule has 0 aliphatic carbocycles. The van der Waals surface area contributed by atoms with Gasteiger partial charge in [0.2, 0.25) is 0 Å². The number of benzene rings is 2. The Morgan fingerprint density at radius 1 is 1.00 bits per heavy atom. The van der Waals surface area contributed by atoms with Gasteiger partial charge in [-0.25, -0.2) is 0 Å². The summed E-state index contributed by atoms with van der Waals surface area (Å²) in [4.78, 5) is 1.16. The largest absolute Gasteiger partial charge is 0.395 e. The zero-order chi connectivity index (χ0) is 16.7. The summed E-state index contributed by atoms with van der Waals surface area (Å²) in [7, 11) is 0. The maximum absolute atomic E-state index is 10.5. The van der Waals surface area contributed by atoms with Gasteiger partial charge in [0.1, 0.15) is 0 Å². The van der Waals surface area contributed by atoms with E-state index in [1.54, 1.807) is 11.8 Å². The van der Waals surface area contributed by atoms with Gasteiger partial charge in [-0.2, -0.15) is 0 Å². The Hall–Kier alpha value is -1.33. The third kappa shape index (κ3) is 5.08. The third-order valence-electron chi connectivity index (χ3n) is 4.09. The molecule has 124 valence electrons. The number of hydrogen-bond donors (Lipinski definition) is 3. The van der Waals surface area contributed by atoms with E-state index in [-0.39, 0.29) is 12.6 Å². The minimum absolute atomic E-state index is 0.104. The molecular weight excluding hydrogens is 306 g/mol. The first-order valence-corrected chi connectivity index (χ1v) is 9.09. The van der Waals surface area contributed by atoms with Crippen LogP contribution < -0.4 is 5.32 Å². The van der Waals surface area contributed by atoms with Gasteiger partial charge >= 0.3 is 0 Å². The Labute approximate surface area is 142 Å². The Morgan fingerprint density at radius 3 is 2.22 bits per heavy atom. The molecule has 0 aliphatic rings. The van der Waals surface area contributed by atoms with Crippen LogP contribution in [0.5, 0.6) is 0 Å². The van der Waals surface area contributed by atoms with E-state index in [4.69, 9.17) is 0 Å². The second kappa shape index (κ2) is 9.08. The fourth-order valence-electron chi connectivity index (χ4n) is 2.54. The predicted octanol–water partition coefficient (Wildman–Crippen LogP) is 3.20. The molecule has 1 unspecified atom stereocenters. The van der Waals surface area contributed by atoms with Crippen molar-refractivity contribution < 1.29 is 10.2 Å². The number of nitrogens with one attached hydrogen (secondary N) is 1. The normalized spacial score (nSPS) is 15.1. The smallest absolute Gasteiger partial charge is 0.0965 e. The lowest BCUT2D eigenvalue weighted by Crippen LogP contribution is -2.40. The quantitative estimate of drug-likeness (QED) is 0.650. The molecule has 0 heterocycles. The van der Waals surface area contributed by atoms with Crippen molar-refractivity contribution >= 4 is 11.8 Å². The van der Waals surface area contributed by atoms with Crippen LogP contribution in [0.4, 0.5) is 0 Å². The molecule has 2 rings (SSSR count). The summed E-state index contributed by atoms with van der Waals surface area (Å²) in [5.74, 6) is 0.316. The van der Waals surface area contributed by atoms with E-state index in [2.05, 4.69) is 24.4 Å². The molecule has 2 aromatic carbocycles. The number of hydrogen-bond acceptors (Lipinski definition) is 4. The van der Waals surface area contributed by atoms with Crippen LogP contribution in [0.25, 0.3) is 0 Å². The molecule has 0 bridgehead atoms. The van der Waals surface area contributed by atoms with Crippen molar-refractivity contribution in [1.29, 1.82) is 0 Å². The molecule has 0 amide bonds. The Morgan fingerprint density at radius 2 is 1.65 bits per heavy atom. The van der Waals surface area contributed by atoms with E-state index < -0.39 is 6.10 Å². The van der Waals surface area contributed by atoms with Crippen LogP contribution in [-0.2, 0) is 0 Å². The van der Waals surface area contributed by atoms with Crippen molar-refractivity contribution in [3.05, 3.63) is 65.7 Å². The zero-order valence-corrected chi connectivity index (χ0v) is 14.5. The van der Waals surface area contributed by atoms with Gasteiger partial charge in [0.25, 0.3) is 0 Å². The molecule has 23 heavy (non-hydrogen) atoms. The maximum atomic E-state index is 10.5. The summed E-state index contributed by atoms with van der Waals surface area (Å²) in [5, 5.41) is 23.4. The van der Waals surface area contributed by atoms with Crippen molar-refractivity contribution in [3.8, 4) is 0 Å². The minimum Gasteiger partial charge on any atom is -0.395 e. The van der Waals surface area contributed by atoms with Crippen LogP contribution >= 0.6 is 11.8 Å². The van der Waals surface area contributed by atoms with Crippen molar-refractivity contribution in [2.24, 2.45) is 0 Å². The number of thioether (sulfide) groups is 1. The molecule has 0 spiro atoms. The Balaban J connectivity index is 1.95. The van der Waals surface area contributed by atoms with Crippen LogP contribution in [-0.4, -0.2) is 35.7 Å². The highest BCUT2D eigenvalue weighted by Crippen LogP contribution is 2.22. The molecule has 0 saturated heterocycles. The first-order chi connectivity index (χ1) is 11.2. The number of rotatable bonds is 8. The maximum Gasteiger partial charge on any atom is 0.0965 e. The topological polar surface area (TPSA) is 52.5 Å². The Kier molecular flexibility index (Phi) is 7.12. The van der Waals surface area contributed by atoms with Crippen LogP contribution in [0.2, 0.25) is 0 Å². The van der Waals surface area contributed by atoms with Gasteiger partial charge in [0, 0.05) is 11.4 Å². The van der Waals surface area contributed by atoms with Gasteiger partial charge in [0.15, 0.2) is 0 Å². The van der Waals surface area contributed by atoms with Gasteiger partial charge in [-0.15, -0.1) is 11.8 Å². The van der Waals surface area contributed by atoms with Crippen molar-refractivity contribution in [3.63, 3.8) is 0 Å². The van der Waals surface area contributed by atoms with Crippen LogP contribution in [0, 0.1) is 0 Å². The molecule has 4 heteroatoms. The predicted molar refractivity (Wildman–Crippen MR) is 96.9 cm³/mol. The summed E-state index contributed by atoms with van der Waals surface area (Å²) >= 11 is 1.67. The lowest BCUT2D eigenvalue weighted by molar-refractivity contribution is 0.0894. The van der Waals surface area contributed by atoms with Gasteiger partial charge < -0.3 is 15.5 Å². The highest BCUT2D eigenvalue weighted by molar-refractivity contribution is 7.98. The second-order valence-electron chi connectivity index (χ2n) is 5.73. The third-order valence-corrected chi connectivity index (χ3v) is 4.83. The standard InChI is InChI=1S/C19H25NO2S/c1-14(15-6-4-3-5-7-15)12-20-18(13-21)19(22)16-8-10-17(23-2)11-9-16/h3-11,14,18-22H,12-13H2,1-2H3/t14?,18-,19-/m0/s1. The molecule has 0 fully saturated rings. The average Bonchev–Trinajstić information content (AvgIpc) is 2.62. The molecule has 0 radical (unpaired) electrons. The molecule has 2 aromatic rings. The molecule has 3 atom stereocenters. The van der Waals surface area contributed by atoms with Gasteiger partial charge in [-0.05, 0) is 35.4 Å². The van der Waals surface area contributed by atoms with Crippen LogP contribution in [0.15, 0.2) is 59.5 Å². The summed E-state index contributed by atoms with van der Waals surface area (Å²) in [6.45, 7) is 2.73. The van der Waals surface area contributed by atoms with Gasteiger partial charge in [0.05, 0.1) is 18.8 Å². The summed E-state index contributed by atoms with van der Waals surface area (Å²) in [6, 6.07) is 17.7. The highest BCUT2D eigenvalue weighted by Gasteiger charge is 2.20. The van der Waals surface area contributed by atoms with Gasteiger partial charge in [-0.1, -0.05) is 49.4 Å². The molecule has 3 N–H and O–H groups in total. The van der Waals surface area contributed by atoms with Crippen LogP contribution in [0.1, 0.15) is 30.1 Å². The Bertz CT molecular complexity index is 574. The summed E-state index contributed by atoms with van der Waals surface area (Å²) in [6.07, 6.45) is 1.30. The fourth-order valence-corrected chi connectivity index (χ4v) is 2.95. The van der Waals surface area contributed by atoms with E-state index >= 15 is 0 Å². The van der Waals surface area contributed by atoms with Crippen molar-refractivity contribution in [2.45, 2.75) is 29.9 Å². The zero-order valence-electron chi connectivity index (χ0n) is 13.6. The average molecular weight is 331 g/mol. The molecule has 0 aromatic heterocycles. The molecule has 3 nitrogen and oxygen atoms in total. The molecule has 0 aliphatic heterocycles. The second-order valence-corrected chi connectivity index (χ2v) is 6.61. The number of aliphatic hydroxyl groups excluding tert-OH is 2. The van der Waals surface area contributed by atoms with Crippen LogP contribution in [0.3, 0.4) is 0 Å². The molecular formula is C19H25NO2S. The van der Waals surface area contributed by atoms with E-state index in [0.717, 1.165) is 10.5 Å². The lowest BCUT2D eigenvalue weighted by Gasteiger charge is -2.24. The molecule has 0 saturated carbocycles. The van der Waals surface area contributed by atoms with E-state index in [0.29, 0.717) is 12.5 Å². The fraction of sp³-hybridized carbons (Fsp3) is 0.368. The SMILES string of the molecule is CSc1ccc([C@H](O)[C@H](CO)NCC(C)c2ccccc2)cc1. The summed E-state index contributed by atoms with van der Waals surface area (Å²) in [5.41, 5.74) is 2.07. The van der Waals surface area contributed by atoms with Gasteiger partial charge in [-0.3, -0.25) is 0 Å². The first-order valence-electron chi connectivity index (χ1n) is 7.87. The minimum atomic E-state index is -0.723. The van der Waals surface area contributed by atoms with Crippen molar-refractivity contribution in [1.82, 2.24) is 5.32 Å². The van der Waals surface area contributed by atoms with E-state index in [1.807, 2.05) is 48.7 Å². The highest BCUT2D eigenvalue weighted by atomic mass is 32.2. The number of aliphatic hydroxyl groups is 2. The lowest BCUT2D eigenvalue weighted by atomic mass is 9.99. The van der Waals surface area contributed by atoms with Crippen molar-refractivity contribution in [2.75, 3.05) is 19.4 Å². The monoisotopic (exact) mass is 331 g/mol. The van der Waals surface area contributed by atoms with E-state index in [1.165, 1.54) is 5.56 Å². The first kappa shape index (κ1) is 18.0. The summed E-state index contributed by atoms with van der Waals surface area (Å²) < 4.78 is 0.